The Morgan fingerprint density at radius 2 is 1.37 bits per heavy atom. The SMILES string of the molecule is O=C(CCS(=O)(=O)Cc1ccccc1)Nc1ccccc1C(=O)N1CCN(c2ccccc2)CC1. The summed E-state index contributed by atoms with van der Waals surface area (Å²) in [6, 6.07) is 25.8. The van der Waals surface area contributed by atoms with Gasteiger partial charge in [0, 0.05) is 38.3 Å². The number of para-hydroxylation sites is 2. The van der Waals surface area contributed by atoms with Crippen LogP contribution in [0.5, 0.6) is 0 Å². The van der Waals surface area contributed by atoms with Crippen LogP contribution < -0.4 is 10.2 Å². The third kappa shape index (κ3) is 6.70. The Morgan fingerprint density at radius 3 is 2.06 bits per heavy atom. The molecule has 1 saturated heterocycles. The maximum absolute atomic E-state index is 13.2. The minimum absolute atomic E-state index is 0.106. The number of sulfone groups is 1. The lowest BCUT2D eigenvalue weighted by atomic mass is 10.1. The molecule has 35 heavy (non-hydrogen) atoms. The Bertz CT molecular complexity index is 1260. The summed E-state index contributed by atoms with van der Waals surface area (Å²) in [5, 5.41) is 2.74. The van der Waals surface area contributed by atoms with Crippen molar-refractivity contribution in [3.63, 3.8) is 0 Å². The molecule has 3 aromatic rings. The molecule has 0 spiro atoms. The normalized spacial score (nSPS) is 13.9. The number of anilines is 2. The number of piperazine rings is 1. The first-order chi connectivity index (χ1) is 16.9. The molecule has 0 bridgehead atoms. The molecule has 0 unspecified atom stereocenters. The Hall–Kier alpha value is -3.65. The van der Waals surface area contributed by atoms with Crippen molar-refractivity contribution in [1.82, 2.24) is 4.90 Å². The Balaban J connectivity index is 1.34. The van der Waals surface area contributed by atoms with Crippen LogP contribution in [0, 0.1) is 0 Å². The van der Waals surface area contributed by atoms with Crippen molar-refractivity contribution in [2.45, 2.75) is 12.2 Å². The second kappa shape index (κ2) is 11.2. The lowest BCUT2D eigenvalue weighted by Gasteiger charge is -2.36. The third-order valence-corrected chi connectivity index (χ3v) is 7.59. The van der Waals surface area contributed by atoms with Crippen LogP contribution in [0.15, 0.2) is 84.9 Å². The van der Waals surface area contributed by atoms with Gasteiger partial charge in [-0.3, -0.25) is 9.59 Å². The van der Waals surface area contributed by atoms with E-state index in [-0.39, 0.29) is 23.8 Å². The van der Waals surface area contributed by atoms with Crippen LogP contribution in [-0.2, 0) is 20.4 Å². The molecule has 0 atom stereocenters. The molecule has 1 fully saturated rings. The number of hydrogen-bond donors (Lipinski definition) is 1. The summed E-state index contributed by atoms with van der Waals surface area (Å²) >= 11 is 0. The second-order valence-electron chi connectivity index (χ2n) is 8.54. The topological polar surface area (TPSA) is 86.8 Å². The van der Waals surface area contributed by atoms with E-state index >= 15 is 0 Å². The maximum Gasteiger partial charge on any atom is 0.256 e. The molecule has 4 rings (SSSR count). The summed E-state index contributed by atoms with van der Waals surface area (Å²) in [5.74, 6) is -0.947. The van der Waals surface area contributed by atoms with Gasteiger partial charge in [0.05, 0.1) is 22.8 Å². The highest BCUT2D eigenvalue weighted by molar-refractivity contribution is 7.90. The highest BCUT2D eigenvalue weighted by Crippen LogP contribution is 2.21. The standard InChI is InChI=1S/C27H29N3O4S/c31-26(15-20-35(33,34)21-22-9-3-1-4-10-22)28-25-14-8-7-13-24(25)27(32)30-18-16-29(17-19-30)23-11-5-2-6-12-23/h1-14H,15-21H2,(H,28,31). The van der Waals surface area contributed by atoms with Crippen molar-refractivity contribution in [2.75, 3.05) is 42.1 Å². The number of nitrogens with one attached hydrogen (secondary N) is 1. The van der Waals surface area contributed by atoms with Gasteiger partial charge in [0.1, 0.15) is 0 Å². The number of carbonyl (C=O) groups excluding carboxylic acids is 2. The van der Waals surface area contributed by atoms with Gasteiger partial charge in [0.2, 0.25) is 5.91 Å². The fraction of sp³-hybridized carbons (Fsp3) is 0.259. The highest BCUT2D eigenvalue weighted by atomic mass is 32.2. The monoisotopic (exact) mass is 491 g/mol. The van der Waals surface area contributed by atoms with Crippen LogP contribution in [0.1, 0.15) is 22.3 Å². The summed E-state index contributed by atoms with van der Waals surface area (Å²) in [6.07, 6.45) is -0.173. The zero-order valence-corrected chi connectivity index (χ0v) is 20.3. The van der Waals surface area contributed by atoms with E-state index in [9.17, 15) is 18.0 Å². The molecule has 0 saturated carbocycles. The molecule has 1 N–H and O–H groups in total. The van der Waals surface area contributed by atoms with Gasteiger partial charge in [-0.1, -0.05) is 60.7 Å². The van der Waals surface area contributed by atoms with E-state index in [0.29, 0.717) is 29.9 Å². The summed E-state index contributed by atoms with van der Waals surface area (Å²) < 4.78 is 24.8. The second-order valence-corrected chi connectivity index (χ2v) is 10.7. The van der Waals surface area contributed by atoms with E-state index in [1.54, 1.807) is 53.4 Å². The molecular formula is C27H29N3O4S. The van der Waals surface area contributed by atoms with Gasteiger partial charge in [-0.25, -0.2) is 8.42 Å². The van der Waals surface area contributed by atoms with Gasteiger partial charge in [-0.05, 0) is 29.8 Å². The van der Waals surface area contributed by atoms with Gasteiger partial charge in [-0.2, -0.15) is 0 Å². The Labute approximate surface area is 206 Å². The molecule has 3 aromatic carbocycles. The predicted molar refractivity (Wildman–Crippen MR) is 138 cm³/mol. The minimum atomic E-state index is -3.43. The predicted octanol–water partition coefficient (Wildman–Crippen LogP) is 3.59. The molecule has 0 aromatic heterocycles. The van der Waals surface area contributed by atoms with Crippen molar-refractivity contribution < 1.29 is 18.0 Å². The fourth-order valence-electron chi connectivity index (χ4n) is 4.12. The number of nitrogens with zero attached hydrogens (tertiary/aromatic N) is 2. The average molecular weight is 492 g/mol. The molecule has 0 aliphatic carbocycles. The van der Waals surface area contributed by atoms with Gasteiger partial charge >= 0.3 is 0 Å². The number of hydrogen-bond acceptors (Lipinski definition) is 5. The molecule has 8 heteroatoms. The zero-order chi connectivity index (χ0) is 24.7. The van der Waals surface area contributed by atoms with E-state index in [1.807, 2.05) is 24.3 Å². The maximum atomic E-state index is 13.2. The van der Waals surface area contributed by atoms with Crippen molar-refractivity contribution in [1.29, 1.82) is 0 Å². The molecule has 1 aliphatic heterocycles. The summed E-state index contributed by atoms with van der Waals surface area (Å²) in [5.41, 5.74) is 2.63. The first-order valence-electron chi connectivity index (χ1n) is 11.6. The smallest absolute Gasteiger partial charge is 0.256 e. The first kappa shape index (κ1) is 24.5. The highest BCUT2D eigenvalue weighted by Gasteiger charge is 2.24. The van der Waals surface area contributed by atoms with Gasteiger partial charge in [-0.15, -0.1) is 0 Å². The fourth-order valence-corrected chi connectivity index (χ4v) is 5.46. The van der Waals surface area contributed by atoms with Gasteiger partial charge < -0.3 is 15.1 Å². The van der Waals surface area contributed by atoms with Crippen molar-refractivity contribution in [3.05, 3.63) is 96.1 Å². The summed E-state index contributed by atoms with van der Waals surface area (Å²) in [6.45, 7) is 2.61. The molecule has 7 nitrogen and oxygen atoms in total. The van der Waals surface area contributed by atoms with E-state index in [0.717, 1.165) is 18.8 Å². The summed E-state index contributed by atoms with van der Waals surface area (Å²) in [4.78, 5) is 29.8. The minimum Gasteiger partial charge on any atom is -0.368 e. The van der Waals surface area contributed by atoms with Gasteiger partial charge in [0.25, 0.3) is 5.91 Å². The van der Waals surface area contributed by atoms with Crippen LogP contribution in [0.25, 0.3) is 0 Å². The van der Waals surface area contributed by atoms with Crippen molar-refractivity contribution >= 4 is 33.0 Å². The third-order valence-electron chi connectivity index (χ3n) is 5.99. The number of amides is 2. The van der Waals surface area contributed by atoms with Crippen LogP contribution in [0.4, 0.5) is 11.4 Å². The zero-order valence-electron chi connectivity index (χ0n) is 19.5. The summed E-state index contributed by atoms with van der Waals surface area (Å²) in [7, 11) is -3.43. The van der Waals surface area contributed by atoms with Crippen LogP contribution in [0.3, 0.4) is 0 Å². The van der Waals surface area contributed by atoms with E-state index in [4.69, 9.17) is 0 Å². The molecule has 1 aliphatic rings. The van der Waals surface area contributed by atoms with Crippen LogP contribution in [-0.4, -0.2) is 57.1 Å². The average Bonchev–Trinajstić information content (AvgIpc) is 2.88. The largest absolute Gasteiger partial charge is 0.368 e. The Morgan fingerprint density at radius 1 is 0.771 bits per heavy atom. The molecule has 0 radical (unpaired) electrons. The first-order valence-corrected chi connectivity index (χ1v) is 13.5. The van der Waals surface area contributed by atoms with Crippen LogP contribution >= 0.6 is 0 Å². The molecule has 1 heterocycles. The van der Waals surface area contributed by atoms with E-state index < -0.39 is 15.7 Å². The molecule has 182 valence electrons. The number of carbonyl (C=O) groups is 2. The van der Waals surface area contributed by atoms with Crippen LogP contribution in [0.2, 0.25) is 0 Å². The van der Waals surface area contributed by atoms with E-state index in [1.165, 1.54) is 0 Å². The molecular weight excluding hydrogens is 462 g/mol. The quantitative estimate of drug-likeness (QED) is 0.520. The number of rotatable bonds is 8. The lowest BCUT2D eigenvalue weighted by molar-refractivity contribution is -0.115. The number of benzene rings is 3. The van der Waals surface area contributed by atoms with Gasteiger partial charge in [0.15, 0.2) is 9.84 Å². The molecule has 2 amide bonds. The van der Waals surface area contributed by atoms with E-state index in [2.05, 4.69) is 22.3 Å². The lowest BCUT2D eigenvalue weighted by Crippen LogP contribution is -2.48. The van der Waals surface area contributed by atoms with Crippen molar-refractivity contribution in [2.24, 2.45) is 0 Å². The van der Waals surface area contributed by atoms with Crippen molar-refractivity contribution in [3.8, 4) is 0 Å². The Kier molecular flexibility index (Phi) is 7.82.